The Bertz CT molecular complexity index is 747. The van der Waals surface area contributed by atoms with Crippen LogP contribution in [0.1, 0.15) is 5.69 Å². The molecule has 0 unspecified atom stereocenters. The SMILES string of the molecule is NCc1[nH]c2cc(F)ccc2c1-c1ccccc1F. The van der Waals surface area contributed by atoms with Gasteiger partial charge in [0.15, 0.2) is 0 Å². The van der Waals surface area contributed by atoms with Crippen molar-refractivity contribution in [3.63, 3.8) is 0 Å². The molecule has 0 fully saturated rings. The van der Waals surface area contributed by atoms with Crippen LogP contribution >= 0.6 is 0 Å². The first-order valence-corrected chi connectivity index (χ1v) is 5.96. The van der Waals surface area contributed by atoms with Crippen molar-refractivity contribution < 1.29 is 8.78 Å². The van der Waals surface area contributed by atoms with E-state index in [9.17, 15) is 8.78 Å². The van der Waals surface area contributed by atoms with Gasteiger partial charge in [-0.2, -0.15) is 0 Å². The molecule has 0 spiro atoms. The second-order valence-electron chi connectivity index (χ2n) is 4.35. The quantitative estimate of drug-likeness (QED) is 0.725. The Labute approximate surface area is 108 Å². The molecule has 3 N–H and O–H groups in total. The summed E-state index contributed by atoms with van der Waals surface area (Å²) in [5.41, 5.74) is 8.19. The molecule has 0 aliphatic heterocycles. The number of fused-ring (bicyclic) bond motifs is 1. The van der Waals surface area contributed by atoms with Gasteiger partial charge in [-0.15, -0.1) is 0 Å². The molecule has 0 aliphatic rings. The lowest BCUT2D eigenvalue weighted by atomic mass is 10.0. The molecule has 0 atom stereocenters. The van der Waals surface area contributed by atoms with Crippen molar-refractivity contribution >= 4 is 10.9 Å². The molecule has 0 amide bonds. The zero-order valence-corrected chi connectivity index (χ0v) is 10.1. The topological polar surface area (TPSA) is 41.8 Å². The average molecular weight is 258 g/mol. The number of aromatic amines is 1. The van der Waals surface area contributed by atoms with Crippen molar-refractivity contribution in [2.45, 2.75) is 6.54 Å². The highest BCUT2D eigenvalue weighted by molar-refractivity contribution is 5.97. The van der Waals surface area contributed by atoms with Crippen molar-refractivity contribution in [3.05, 3.63) is 59.8 Å². The molecule has 0 saturated heterocycles. The summed E-state index contributed by atoms with van der Waals surface area (Å²) in [7, 11) is 0. The molecule has 19 heavy (non-hydrogen) atoms. The third-order valence-corrected chi connectivity index (χ3v) is 3.19. The minimum atomic E-state index is -0.336. The predicted molar refractivity (Wildman–Crippen MR) is 71.5 cm³/mol. The standard InChI is InChI=1S/C15H12F2N2/c16-9-5-6-11-13(7-9)19-14(8-18)15(11)10-3-1-2-4-12(10)17/h1-7,19H,8,18H2. The molecule has 1 aromatic heterocycles. The first kappa shape index (κ1) is 11.9. The van der Waals surface area contributed by atoms with Gasteiger partial charge < -0.3 is 10.7 Å². The monoisotopic (exact) mass is 258 g/mol. The maximum Gasteiger partial charge on any atom is 0.131 e. The molecule has 96 valence electrons. The van der Waals surface area contributed by atoms with E-state index in [0.717, 1.165) is 5.39 Å². The second kappa shape index (κ2) is 4.48. The molecule has 1 heterocycles. The fourth-order valence-corrected chi connectivity index (χ4v) is 2.35. The number of aromatic nitrogens is 1. The molecule has 3 aromatic rings. The third-order valence-electron chi connectivity index (χ3n) is 3.19. The van der Waals surface area contributed by atoms with Crippen LogP contribution in [-0.4, -0.2) is 4.98 Å². The Morgan fingerprint density at radius 2 is 1.84 bits per heavy atom. The first-order chi connectivity index (χ1) is 9.20. The highest BCUT2D eigenvalue weighted by Gasteiger charge is 2.15. The highest BCUT2D eigenvalue weighted by atomic mass is 19.1. The molecule has 0 aliphatic carbocycles. The maximum atomic E-state index is 13.9. The largest absolute Gasteiger partial charge is 0.357 e. The molecule has 0 saturated carbocycles. The Balaban J connectivity index is 2.36. The van der Waals surface area contributed by atoms with E-state index in [0.29, 0.717) is 22.3 Å². The zero-order chi connectivity index (χ0) is 13.4. The molecule has 0 radical (unpaired) electrons. The summed E-state index contributed by atoms with van der Waals surface area (Å²) in [6.07, 6.45) is 0. The van der Waals surface area contributed by atoms with E-state index in [2.05, 4.69) is 4.98 Å². The smallest absolute Gasteiger partial charge is 0.131 e. The summed E-state index contributed by atoms with van der Waals surface area (Å²) in [5.74, 6) is -0.653. The Hall–Kier alpha value is -2.20. The molecule has 4 heteroatoms. The van der Waals surface area contributed by atoms with Gasteiger partial charge in [0, 0.05) is 34.3 Å². The number of hydrogen-bond acceptors (Lipinski definition) is 1. The Morgan fingerprint density at radius 3 is 2.58 bits per heavy atom. The Kier molecular flexibility index (Phi) is 2.80. The molecular weight excluding hydrogens is 246 g/mol. The van der Waals surface area contributed by atoms with Crippen LogP contribution in [0.15, 0.2) is 42.5 Å². The van der Waals surface area contributed by atoms with Gasteiger partial charge in [-0.3, -0.25) is 0 Å². The van der Waals surface area contributed by atoms with Crippen molar-refractivity contribution in [1.82, 2.24) is 4.98 Å². The number of rotatable bonds is 2. The molecule has 2 nitrogen and oxygen atoms in total. The Morgan fingerprint density at radius 1 is 1.05 bits per heavy atom. The van der Waals surface area contributed by atoms with E-state index in [4.69, 9.17) is 5.73 Å². The molecule has 3 rings (SSSR count). The van der Waals surface area contributed by atoms with Crippen LogP contribution < -0.4 is 5.73 Å². The van der Waals surface area contributed by atoms with Crippen LogP contribution in [0.25, 0.3) is 22.0 Å². The summed E-state index contributed by atoms with van der Waals surface area (Å²) >= 11 is 0. The van der Waals surface area contributed by atoms with Gasteiger partial charge in [0.05, 0.1) is 0 Å². The summed E-state index contributed by atoms with van der Waals surface area (Å²) in [5, 5.41) is 0.770. The lowest BCUT2D eigenvalue weighted by Crippen LogP contribution is -1.99. The van der Waals surface area contributed by atoms with Crippen LogP contribution in [0.3, 0.4) is 0 Å². The predicted octanol–water partition coefficient (Wildman–Crippen LogP) is 3.57. The lowest BCUT2D eigenvalue weighted by molar-refractivity contribution is 0.629. The minimum Gasteiger partial charge on any atom is -0.357 e. The van der Waals surface area contributed by atoms with Crippen LogP contribution in [0.2, 0.25) is 0 Å². The number of hydrogen-bond donors (Lipinski definition) is 2. The second-order valence-corrected chi connectivity index (χ2v) is 4.35. The lowest BCUT2D eigenvalue weighted by Gasteiger charge is -2.04. The number of halogens is 2. The first-order valence-electron chi connectivity index (χ1n) is 5.96. The third kappa shape index (κ3) is 1.90. The van der Waals surface area contributed by atoms with Gasteiger partial charge in [-0.25, -0.2) is 8.78 Å². The fourth-order valence-electron chi connectivity index (χ4n) is 2.35. The normalized spacial score (nSPS) is 11.1. The maximum absolute atomic E-state index is 13.9. The van der Waals surface area contributed by atoms with Crippen LogP contribution in [0, 0.1) is 11.6 Å². The van der Waals surface area contributed by atoms with Crippen molar-refractivity contribution in [1.29, 1.82) is 0 Å². The summed E-state index contributed by atoms with van der Waals surface area (Å²) in [6.45, 7) is 0.236. The van der Waals surface area contributed by atoms with Crippen molar-refractivity contribution in [2.24, 2.45) is 5.73 Å². The van der Waals surface area contributed by atoms with Crippen LogP contribution in [0.5, 0.6) is 0 Å². The molecule has 0 bridgehead atoms. The average Bonchev–Trinajstić information content (AvgIpc) is 2.76. The molecule has 2 aromatic carbocycles. The van der Waals surface area contributed by atoms with E-state index in [-0.39, 0.29) is 18.2 Å². The van der Waals surface area contributed by atoms with E-state index in [1.165, 1.54) is 18.2 Å². The molecular formula is C15H12F2N2. The summed E-state index contributed by atoms with van der Waals surface area (Å²) in [6, 6.07) is 10.9. The van der Waals surface area contributed by atoms with E-state index in [1.54, 1.807) is 24.3 Å². The van der Waals surface area contributed by atoms with Crippen molar-refractivity contribution in [2.75, 3.05) is 0 Å². The van der Waals surface area contributed by atoms with Crippen LogP contribution in [-0.2, 0) is 6.54 Å². The van der Waals surface area contributed by atoms with Gasteiger partial charge in [0.1, 0.15) is 11.6 Å². The van der Waals surface area contributed by atoms with Crippen molar-refractivity contribution in [3.8, 4) is 11.1 Å². The number of nitrogens with two attached hydrogens (primary N) is 1. The zero-order valence-electron chi connectivity index (χ0n) is 10.1. The van der Waals surface area contributed by atoms with Gasteiger partial charge in [0.25, 0.3) is 0 Å². The minimum absolute atomic E-state index is 0.236. The summed E-state index contributed by atoms with van der Waals surface area (Å²) in [4.78, 5) is 3.05. The van der Waals surface area contributed by atoms with Gasteiger partial charge in [-0.05, 0) is 24.3 Å². The number of H-pyrrole nitrogens is 1. The van der Waals surface area contributed by atoms with Gasteiger partial charge in [0.2, 0.25) is 0 Å². The number of benzene rings is 2. The summed E-state index contributed by atoms with van der Waals surface area (Å²) < 4.78 is 27.2. The van der Waals surface area contributed by atoms with E-state index < -0.39 is 0 Å². The van der Waals surface area contributed by atoms with Gasteiger partial charge in [-0.1, -0.05) is 18.2 Å². The highest BCUT2D eigenvalue weighted by Crippen LogP contribution is 2.34. The van der Waals surface area contributed by atoms with Gasteiger partial charge >= 0.3 is 0 Å². The fraction of sp³-hybridized carbons (Fsp3) is 0.0667. The van der Waals surface area contributed by atoms with Crippen LogP contribution in [0.4, 0.5) is 8.78 Å². The van der Waals surface area contributed by atoms with E-state index in [1.807, 2.05) is 0 Å². The van der Waals surface area contributed by atoms with E-state index >= 15 is 0 Å². The number of nitrogens with one attached hydrogen (secondary N) is 1.